The van der Waals surface area contributed by atoms with Gasteiger partial charge >= 0.3 is 0 Å². The van der Waals surface area contributed by atoms with Crippen LogP contribution < -0.4 is 5.32 Å². The first-order valence-electron chi connectivity index (χ1n) is 9.18. The number of nitrogens with one attached hydrogen (secondary N) is 1. The number of carbonyl (C=O) groups excluding carboxylic acids is 1. The molecule has 0 fully saturated rings. The summed E-state index contributed by atoms with van der Waals surface area (Å²) in [5.74, 6) is 1.11. The summed E-state index contributed by atoms with van der Waals surface area (Å²) in [5.41, 5.74) is 0.729. The summed E-state index contributed by atoms with van der Waals surface area (Å²) >= 11 is 2.54. The number of benzene rings is 1. The number of aromatic nitrogens is 5. The molecule has 0 aliphatic heterocycles. The molecule has 1 N–H and O–H groups in total. The predicted molar refractivity (Wildman–Crippen MR) is 118 cm³/mol. The molecule has 0 saturated heterocycles. The second-order valence-corrected chi connectivity index (χ2v) is 10.7. The standard InChI is InChI=1S/C18H22N6O3S3/c1-5-24-15(11(2)3)20-23-18(24)28-10-14(25)19-17-22-21-16(29-17)12-6-8-13(9-7-12)30(4,26)27/h6-9,11H,5,10H2,1-4H3,(H,19,22,25). The molecule has 0 radical (unpaired) electrons. The van der Waals surface area contributed by atoms with Gasteiger partial charge in [-0.25, -0.2) is 8.42 Å². The topological polar surface area (TPSA) is 120 Å². The van der Waals surface area contributed by atoms with Crippen LogP contribution in [0, 0.1) is 0 Å². The molecule has 9 nitrogen and oxygen atoms in total. The molecule has 1 aromatic carbocycles. The minimum absolute atomic E-state index is 0.175. The van der Waals surface area contributed by atoms with Gasteiger partial charge in [-0.3, -0.25) is 10.1 Å². The number of nitrogens with zero attached hydrogens (tertiary/aromatic N) is 5. The van der Waals surface area contributed by atoms with E-state index in [4.69, 9.17) is 0 Å². The van der Waals surface area contributed by atoms with Crippen molar-refractivity contribution in [3.05, 3.63) is 30.1 Å². The molecule has 3 aromatic rings. The minimum Gasteiger partial charge on any atom is -0.306 e. The van der Waals surface area contributed by atoms with E-state index >= 15 is 0 Å². The molecule has 160 valence electrons. The van der Waals surface area contributed by atoms with Crippen LogP contribution in [0.4, 0.5) is 5.13 Å². The van der Waals surface area contributed by atoms with Gasteiger partial charge in [0.2, 0.25) is 11.0 Å². The average molecular weight is 467 g/mol. The van der Waals surface area contributed by atoms with Crippen LogP contribution in [0.3, 0.4) is 0 Å². The fourth-order valence-electron chi connectivity index (χ4n) is 2.65. The van der Waals surface area contributed by atoms with E-state index in [9.17, 15) is 13.2 Å². The third-order valence-corrected chi connectivity index (χ3v) is 7.09. The van der Waals surface area contributed by atoms with Crippen LogP contribution in [-0.4, -0.2) is 51.3 Å². The van der Waals surface area contributed by atoms with E-state index in [1.165, 1.54) is 35.2 Å². The van der Waals surface area contributed by atoms with E-state index in [0.29, 0.717) is 15.3 Å². The van der Waals surface area contributed by atoms with Crippen LogP contribution in [0.2, 0.25) is 0 Å². The summed E-state index contributed by atoms with van der Waals surface area (Å²) in [7, 11) is -3.25. The number of sulfone groups is 1. The normalized spacial score (nSPS) is 11.8. The molecule has 0 bridgehead atoms. The van der Waals surface area contributed by atoms with Crippen molar-refractivity contribution in [2.24, 2.45) is 0 Å². The first kappa shape index (κ1) is 22.4. The highest BCUT2D eigenvalue weighted by molar-refractivity contribution is 7.99. The summed E-state index contributed by atoms with van der Waals surface area (Å²) in [6.07, 6.45) is 1.16. The maximum Gasteiger partial charge on any atom is 0.236 e. The lowest BCUT2D eigenvalue weighted by Gasteiger charge is -2.08. The second kappa shape index (κ2) is 9.23. The lowest BCUT2D eigenvalue weighted by molar-refractivity contribution is -0.113. The van der Waals surface area contributed by atoms with Gasteiger partial charge in [-0.05, 0) is 19.1 Å². The van der Waals surface area contributed by atoms with Crippen LogP contribution in [0.15, 0.2) is 34.3 Å². The van der Waals surface area contributed by atoms with E-state index in [-0.39, 0.29) is 22.5 Å². The van der Waals surface area contributed by atoms with E-state index < -0.39 is 9.84 Å². The largest absolute Gasteiger partial charge is 0.306 e. The Labute approximate surface area is 183 Å². The first-order chi connectivity index (χ1) is 14.2. The monoisotopic (exact) mass is 466 g/mol. The van der Waals surface area contributed by atoms with Crippen LogP contribution in [-0.2, 0) is 21.2 Å². The van der Waals surface area contributed by atoms with Crippen LogP contribution in [0.1, 0.15) is 32.5 Å². The predicted octanol–water partition coefficient (Wildman–Crippen LogP) is 3.07. The van der Waals surface area contributed by atoms with Gasteiger partial charge in [0.25, 0.3) is 0 Å². The number of thioether (sulfide) groups is 1. The summed E-state index contributed by atoms with van der Waals surface area (Å²) in [5, 5.41) is 20.9. The van der Waals surface area contributed by atoms with Gasteiger partial charge in [-0.1, -0.05) is 49.1 Å². The summed E-state index contributed by atoms with van der Waals surface area (Å²) < 4.78 is 25.1. The van der Waals surface area contributed by atoms with Crippen molar-refractivity contribution in [3.8, 4) is 10.6 Å². The van der Waals surface area contributed by atoms with Crippen molar-refractivity contribution in [2.75, 3.05) is 17.3 Å². The molecule has 3 rings (SSSR count). The number of amides is 1. The van der Waals surface area contributed by atoms with Gasteiger partial charge in [-0.15, -0.1) is 20.4 Å². The second-order valence-electron chi connectivity index (χ2n) is 6.79. The zero-order valence-electron chi connectivity index (χ0n) is 17.0. The number of rotatable bonds is 8. The quantitative estimate of drug-likeness (QED) is 0.503. The third kappa shape index (κ3) is 5.24. The van der Waals surface area contributed by atoms with Gasteiger partial charge < -0.3 is 4.57 Å². The summed E-state index contributed by atoms with van der Waals surface area (Å²) in [4.78, 5) is 12.5. The van der Waals surface area contributed by atoms with Gasteiger partial charge in [-0.2, -0.15) is 0 Å². The molecule has 0 atom stereocenters. The van der Waals surface area contributed by atoms with Crippen molar-refractivity contribution >= 4 is 44.0 Å². The number of hydrogen-bond donors (Lipinski definition) is 1. The third-order valence-electron chi connectivity index (χ3n) is 4.11. The minimum atomic E-state index is -3.25. The van der Waals surface area contributed by atoms with Crippen molar-refractivity contribution in [2.45, 2.75) is 43.3 Å². The van der Waals surface area contributed by atoms with Gasteiger partial charge in [0.05, 0.1) is 10.6 Å². The van der Waals surface area contributed by atoms with Crippen LogP contribution in [0.25, 0.3) is 10.6 Å². The Morgan fingerprint density at radius 1 is 1.17 bits per heavy atom. The maximum absolute atomic E-state index is 12.3. The molecule has 0 spiro atoms. The number of carbonyl (C=O) groups is 1. The molecule has 2 aromatic heterocycles. The lowest BCUT2D eigenvalue weighted by atomic mass is 10.2. The maximum atomic E-state index is 12.3. The smallest absolute Gasteiger partial charge is 0.236 e. The highest BCUT2D eigenvalue weighted by Crippen LogP contribution is 2.28. The summed E-state index contributed by atoms with van der Waals surface area (Å²) in [6, 6.07) is 6.39. The molecule has 0 saturated carbocycles. The molecular formula is C18H22N6O3S3. The zero-order chi connectivity index (χ0) is 21.9. The fourth-order valence-corrected chi connectivity index (χ4v) is 4.86. The lowest BCUT2D eigenvalue weighted by Crippen LogP contribution is -2.14. The average Bonchev–Trinajstić information content (AvgIpc) is 3.32. The molecule has 0 aliphatic rings. The summed E-state index contributed by atoms with van der Waals surface area (Å²) in [6.45, 7) is 6.87. The van der Waals surface area contributed by atoms with Gasteiger partial charge in [0, 0.05) is 24.3 Å². The molecule has 30 heavy (non-hydrogen) atoms. The Bertz CT molecular complexity index is 1140. The Balaban J connectivity index is 1.61. The van der Waals surface area contributed by atoms with Gasteiger partial charge in [0.15, 0.2) is 15.0 Å². The highest BCUT2D eigenvalue weighted by atomic mass is 32.2. The Kier molecular flexibility index (Phi) is 6.88. The number of anilines is 1. The van der Waals surface area contributed by atoms with Gasteiger partial charge in [0.1, 0.15) is 10.8 Å². The van der Waals surface area contributed by atoms with Crippen LogP contribution >= 0.6 is 23.1 Å². The molecule has 1 amide bonds. The first-order valence-corrected chi connectivity index (χ1v) is 12.9. The van der Waals surface area contributed by atoms with E-state index in [1.807, 2.05) is 11.5 Å². The molecule has 2 heterocycles. The van der Waals surface area contributed by atoms with Crippen molar-refractivity contribution in [3.63, 3.8) is 0 Å². The zero-order valence-corrected chi connectivity index (χ0v) is 19.4. The SMILES string of the molecule is CCn1c(SCC(=O)Nc2nnc(-c3ccc(S(C)(=O)=O)cc3)s2)nnc1C(C)C. The molecule has 0 unspecified atom stereocenters. The highest BCUT2D eigenvalue weighted by Gasteiger charge is 2.16. The van der Waals surface area contributed by atoms with Crippen molar-refractivity contribution in [1.82, 2.24) is 25.0 Å². The Morgan fingerprint density at radius 3 is 2.47 bits per heavy atom. The van der Waals surface area contributed by atoms with Crippen LogP contribution in [0.5, 0.6) is 0 Å². The van der Waals surface area contributed by atoms with E-state index in [2.05, 4.69) is 39.6 Å². The van der Waals surface area contributed by atoms with E-state index in [0.717, 1.165) is 24.2 Å². The molecule has 0 aliphatic carbocycles. The number of hydrogen-bond acceptors (Lipinski definition) is 9. The molecule has 12 heteroatoms. The molecular weight excluding hydrogens is 444 g/mol. The fraction of sp³-hybridized carbons (Fsp3) is 0.389. The Hall–Kier alpha value is -2.31. The van der Waals surface area contributed by atoms with E-state index in [1.54, 1.807) is 12.1 Å². The Morgan fingerprint density at radius 2 is 1.87 bits per heavy atom. The van der Waals surface area contributed by atoms with Crippen molar-refractivity contribution < 1.29 is 13.2 Å². The van der Waals surface area contributed by atoms with Crippen molar-refractivity contribution in [1.29, 1.82) is 0 Å².